The molecule has 1 aromatic heterocycles. The molecule has 1 heterocycles. The molecule has 2 N–H and O–H groups in total. The fourth-order valence-corrected chi connectivity index (χ4v) is 4.10. The summed E-state index contributed by atoms with van der Waals surface area (Å²) in [6.07, 6.45) is 0.469. The Morgan fingerprint density at radius 1 is 1.06 bits per heavy atom. The van der Waals surface area contributed by atoms with Gasteiger partial charge in [0.2, 0.25) is 5.95 Å². The molecule has 11 heteroatoms. The Morgan fingerprint density at radius 2 is 1.80 bits per heavy atom. The monoisotopic (exact) mass is 487 g/mol. The van der Waals surface area contributed by atoms with Gasteiger partial charge in [-0.15, -0.1) is 13.2 Å². The highest BCUT2D eigenvalue weighted by Crippen LogP contribution is 2.32. The highest BCUT2D eigenvalue weighted by atomic mass is 19.4. The molecule has 8 nitrogen and oxygen atoms in total. The quantitative estimate of drug-likeness (QED) is 0.281. The van der Waals surface area contributed by atoms with Crippen LogP contribution in [0.15, 0.2) is 48.5 Å². The summed E-state index contributed by atoms with van der Waals surface area (Å²) in [7, 11) is 0. The van der Waals surface area contributed by atoms with Crippen LogP contribution in [-0.2, 0) is 0 Å². The van der Waals surface area contributed by atoms with E-state index in [1.54, 1.807) is 31.2 Å². The second-order valence-corrected chi connectivity index (χ2v) is 8.35. The van der Waals surface area contributed by atoms with Gasteiger partial charge in [0, 0.05) is 29.4 Å². The molecular weight excluding hydrogens is 463 g/mol. The molecule has 0 amide bonds. The number of benzene rings is 2. The number of hydrogen-bond acceptors (Lipinski definition) is 7. The lowest BCUT2D eigenvalue weighted by atomic mass is 9.96. The van der Waals surface area contributed by atoms with Crippen molar-refractivity contribution < 1.29 is 22.8 Å². The number of alkyl halides is 3. The number of nitro groups is 1. The third-order valence-electron chi connectivity index (χ3n) is 5.79. The van der Waals surface area contributed by atoms with Gasteiger partial charge in [-0.25, -0.2) is 4.98 Å². The molecule has 0 saturated heterocycles. The standard InChI is InChI=1S/C24H24F3N5O3/c1-15-19(11-6-12-21(15)32(33)34)29-22-14-20(16-7-5-10-18(13-16)35-24(25,26)27)30-23(31-22)28-17-8-3-2-4-9-17/h5-7,10-14,17H,2-4,8-9H2,1H3,(H2,28,29,30,31). The minimum Gasteiger partial charge on any atom is -0.406 e. The SMILES string of the molecule is Cc1c(Nc2cc(-c3cccc(OC(F)(F)F)c3)nc(NC3CCCCC3)n2)cccc1[N+](=O)[O-]. The maximum atomic E-state index is 12.7. The van der Waals surface area contributed by atoms with E-state index in [1.807, 2.05) is 0 Å². The van der Waals surface area contributed by atoms with E-state index in [-0.39, 0.29) is 17.5 Å². The Kier molecular flexibility index (Phi) is 7.04. The van der Waals surface area contributed by atoms with E-state index in [9.17, 15) is 23.3 Å². The number of hydrogen-bond donors (Lipinski definition) is 2. The van der Waals surface area contributed by atoms with Crippen LogP contribution in [0.5, 0.6) is 5.75 Å². The largest absolute Gasteiger partial charge is 0.573 e. The molecule has 0 bridgehead atoms. The average Bonchev–Trinajstić information content (AvgIpc) is 2.80. The topological polar surface area (TPSA) is 102 Å². The van der Waals surface area contributed by atoms with Crippen LogP contribution < -0.4 is 15.4 Å². The minimum absolute atomic E-state index is 0.0400. The predicted molar refractivity (Wildman–Crippen MR) is 126 cm³/mol. The second-order valence-electron chi connectivity index (χ2n) is 8.35. The van der Waals surface area contributed by atoms with Crippen LogP contribution in [-0.4, -0.2) is 27.3 Å². The third kappa shape index (κ3) is 6.37. The highest BCUT2D eigenvalue weighted by Gasteiger charge is 2.31. The van der Waals surface area contributed by atoms with Gasteiger partial charge in [-0.05, 0) is 38.0 Å². The van der Waals surface area contributed by atoms with Gasteiger partial charge in [-0.3, -0.25) is 10.1 Å². The van der Waals surface area contributed by atoms with Crippen molar-refractivity contribution in [2.24, 2.45) is 0 Å². The molecule has 35 heavy (non-hydrogen) atoms. The van der Waals surface area contributed by atoms with Crippen molar-refractivity contribution >= 4 is 23.1 Å². The van der Waals surface area contributed by atoms with Crippen molar-refractivity contribution in [2.45, 2.75) is 51.4 Å². The van der Waals surface area contributed by atoms with E-state index in [4.69, 9.17) is 0 Å². The Balaban J connectivity index is 1.71. The van der Waals surface area contributed by atoms with Crippen molar-refractivity contribution in [2.75, 3.05) is 10.6 Å². The summed E-state index contributed by atoms with van der Waals surface area (Å²) in [5.74, 6) is 0.306. The summed E-state index contributed by atoms with van der Waals surface area (Å²) >= 11 is 0. The van der Waals surface area contributed by atoms with E-state index in [1.165, 1.54) is 30.7 Å². The molecule has 1 aliphatic carbocycles. The maximum absolute atomic E-state index is 12.7. The van der Waals surface area contributed by atoms with E-state index in [0.717, 1.165) is 25.7 Å². The predicted octanol–water partition coefficient (Wildman–Crippen LogP) is 6.75. The molecule has 0 atom stereocenters. The zero-order valence-electron chi connectivity index (χ0n) is 18.9. The normalized spacial score (nSPS) is 14.4. The van der Waals surface area contributed by atoms with Crippen molar-refractivity contribution in [1.29, 1.82) is 0 Å². The van der Waals surface area contributed by atoms with Crippen LogP contribution in [0.4, 0.5) is 36.3 Å². The smallest absolute Gasteiger partial charge is 0.406 e. The van der Waals surface area contributed by atoms with Crippen LogP contribution >= 0.6 is 0 Å². The molecule has 0 unspecified atom stereocenters. The first kappa shape index (κ1) is 24.2. The molecular formula is C24H24F3N5O3. The van der Waals surface area contributed by atoms with Gasteiger partial charge in [0.15, 0.2) is 0 Å². The molecule has 4 rings (SSSR count). The van der Waals surface area contributed by atoms with Crippen LogP contribution in [0.25, 0.3) is 11.3 Å². The van der Waals surface area contributed by atoms with Crippen molar-refractivity contribution in [3.05, 3.63) is 64.2 Å². The van der Waals surface area contributed by atoms with Gasteiger partial charge < -0.3 is 15.4 Å². The first-order valence-electron chi connectivity index (χ1n) is 11.2. The van der Waals surface area contributed by atoms with Crippen LogP contribution in [0.2, 0.25) is 0 Å². The molecule has 0 spiro atoms. The van der Waals surface area contributed by atoms with Gasteiger partial charge in [0.05, 0.1) is 16.2 Å². The fourth-order valence-electron chi connectivity index (χ4n) is 4.10. The zero-order chi connectivity index (χ0) is 25.0. The Bertz CT molecular complexity index is 1210. The summed E-state index contributed by atoms with van der Waals surface area (Å²) in [6.45, 7) is 1.63. The van der Waals surface area contributed by atoms with Crippen LogP contribution in [0.1, 0.15) is 37.7 Å². The van der Waals surface area contributed by atoms with Crippen LogP contribution in [0.3, 0.4) is 0 Å². The summed E-state index contributed by atoms with van der Waals surface area (Å²) in [5, 5.41) is 17.8. The van der Waals surface area contributed by atoms with Gasteiger partial charge in [-0.1, -0.05) is 37.5 Å². The van der Waals surface area contributed by atoms with Crippen molar-refractivity contribution in [3.8, 4) is 17.0 Å². The lowest BCUT2D eigenvalue weighted by molar-refractivity contribution is -0.385. The molecule has 1 aliphatic rings. The van der Waals surface area contributed by atoms with E-state index >= 15 is 0 Å². The van der Waals surface area contributed by atoms with E-state index in [0.29, 0.717) is 34.3 Å². The van der Waals surface area contributed by atoms with Crippen LogP contribution in [0, 0.1) is 17.0 Å². The summed E-state index contributed by atoms with van der Waals surface area (Å²) < 4.78 is 42.2. The number of halogens is 3. The van der Waals surface area contributed by atoms with Crippen molar-refractivity contribution in [3.63, 3.8) is 0 Å². The number of anilines is 3. The second kappa shape index (κ2) is 10.2. The first-order chi connectivity index (χ1) is 16.7. The van der Waals surface area contributed by atoms with Gasteiger partial charge in [0.1, 0.15) is 11.6 Å². The molecule has 1 fully saturated rings. The van der Waals surface area contributed by atoms with Gasteiger partial charge >= 0.3 is 6.36 Å². The van der Waals surface area contributed by atoms with E-state index in [2.05, 4.69) is 25.3 Å². The molecule has 184 valence electrons. The Labute approximate surface area is 199 Å². The number of nitro benzene ring substituents is 1. The summed E-state index contributed by atoms with van der Waals surface area (Å²) in [5.41, 5.74) is 1.65. The molecule has 1 saturated carbocycles. The first-order valence-corrected chi connectivity index (χ1v) is 11.2. The molecule has 0 aliphatic heterocycles. The zero-order valence-corrected chi connectivity index (χ0v) is 18.9. The molecule has 0 radical (unpaired) electrons. The van der Waals surface area contributed by atoms with Gasteiger partial charge in [-0.2, -0.15) is 4.98 Å². The number of aromatic nitrogens is 2. The number of nitrogens with zero attached hydrogens (tertiary/aromatic N) is 3. The average molecular weight is 487 g/mol. The molecule has 3 aromatic rings. The number of ether oxygens (including phenoxy) is 1. The number of nitrogens with one attached hydrogen (secondary N) is 2. The fraction of sp³-hybridized carbons (Fsp3) is 0.333. The minimum atomic E-state index is -4.82. The summed E-state index contributed by atoms with van der Waals surface area (Å²) in [6, 6.07) is 12.0. The summed E-state index contributed by atoms with van der Waals surface area (Å²) in [4.78, 5) is 19.9. The lowest BCUT2D eigenvalue weighted by Gasteiger charge is -2.23. The van der Waals surface area contributed by atoms with E-state index < -0.39 is 11.3 Å². The number of rotatable bonds is 7. The van der Waals surface area contributed by atoms with Crippen molar-refractivity contribution in [1.82, 2.24) is 9.97 Å². The Hall–Kier alpha value is -3.89. The maximum Gasteiger partial charge on any atom is 0.573 e. The third-order valence-corrected chi connectivity index (χ3v) is 5.79. The lowest BCUT2D eigenvalue weighted by Crippen LogP contribution is -2.23. The highest BCUT2D eigenvalue weighted by molar-refractivity contribution is 5.71. The Morgan fingerprint density at radius 3 is 2.51 bits per heavy atom. The molecule has 2 aromatic carbocycles. The van der Waals surface area contributed by atoms with Gasteiger partial charge in [0.25, 0.3) is 5.69 Å².